The number of carbonyl (C=O) groups is 1. The van der Waals surface area contributed by atoms with E-state index in [0.717, 1.165) is 29.0 Å². The summed E-state index contributed by atoms with van der Waals surface area (Å²) in [6, 6.07) is 15.6. The summed E-state index contributed by atoms with van der Waals surface area (Å²) in [6.45, 7) is 6.68. The molecule has 1 N–H and O–H groups in total. The van der Waals surface area contributed by atoms with Crippen LogP contribution in [0.3, 0.4) is 0 Å². The second-order valence-corrected chi connectivity index (χ2v) is 5.63. The van der Waals surface area contributed by atoms with Crippen LogP contribution in [0.2, 0.25) is 0 Å². The lowest BCUT2D eigenvalue weighted by molar-refractivity contribution is -0.127. The number of benzene rings is 2. The van der Waals surface area contributed by atoms with Crippen molar-refractivity contribution >= 4 is 5.91 Å². The zero-order chi connectivity index (χ0) is 17.4. The van der Waals surface area contributed by atoms with E-state index >= 15 is 0 Å². The van der Waals surface area contributed by atoms with Gasteiger partial charge in [-0.25, -0.2) is 0 Å². The smallest absolute Gasteiger partial charge is 0.260 e. The van der Waals surface area contributed by atoms with Crippen molar-refractivity contribution in [1.82, 2.24) is 5.32 Å². The Kier molecular flexibility index (Phi) is 6.67. The van der Waals surface area contributed by atoms with Crippen LogP contribution in [0.4, 0.5) is 0 Å². The molecule has 24 heavy (non-hydrogen) atoms. The molecule has 4 nitrogen and oxygen atoms in total. The number of hydrogen-bond acceptors (Lipinski definition) is 3. The van der Waals surface area contributed by atoms with Gasteiger partial charge in [0.1, 0.15) is 18.1 Å². The lowest BCUT2D eigenvalue weighted by atomic mass is 10.1. The first-order valence-corrected chi connectivity index (χ1v) is 8.32. The quantitative estimate of drug-likeness (QED) is 0.755. The molecule has 0 spiro atoms. The van der Waals surface area contributed by atoms with Crippen molar-refractivity contribution in [3.8, 4) is 11.5 Å². The number of amides is 1. The molecule has 0 heterocycles. The van der Waals surface area contributed by atoms with Crippen LogP contribution >= 0.6 is 0 Å². The van der Waals surface area contributed by atoms with Gasteiger partial charge in [-0.15, -0.1) is 0 Å². The predicted octanol–water partition coefficient (Wildman–Crippen LogP) is 3.52. The Bertz CT molecular complexity index is 669. The van der Waals surface area contributed by atoms with E-state index in [-0.39, 0.29) is 5.91 Å². The fraction of sp³-hybridized carbons (Fsp3) is 0.350. The molecule has 0 aliphatic rings. The number of carbonyl (C=O) groups excluding carboxylic acids is 1. The Balaban J connectivity index is 1.77. The minimum absolute atomic E-state index is 0.144. The zero-order valence-corrected chi connectivity index (χ0v) is 14.5. The van der Waals surface area contributed by atoms with Crippen molar-refractivity contribution in [3.63, 3.8) is 0 Å². The zero-order valence-electron chi connectivity index (χ0n) is 14.5. The molecule has 0 bridgehead atoms. The minimum atomic E-state index is -0.545. The molecular weight excluding hydrogens is 302 g/mol. The molecule has 0 aliphatic carbocycles. The molecule has 0 radical (unpaired) electrons. The molecule has 0 aliphatic heterocycles. The highest BCUT2D eigenvalue weighted by Crippen LogP contribution is 2.19. The Morgan fingerprint density at radius 1 is 1.08 bits per heavy atom. The highest BCUT2D eigenvalue weighted by atomic mass is 16.5. The summed E-state index contributed by atoms with van der Waals surface area (Å²) < 4.78 is 11.4. The maximum absolute atomic E-state index is 12.1. The van der Waals surface area contributed by atoms with Gasteiger partial charge in [0.2, 0.25) is 0 Å². The monoisotopic (exact) mass is 327 g/mol. The highest BCUT2D eigenvalue weighted by Gasteiger charge is 2.15. The number of rotatable bonds is 8. The van der Waals surface area contributed by atoms with Gasteiger partial charge in [0.25, 0.3) is 5.91 Å². The number of aryl methyl sites for hydroxylation is 2. The molecule has 2 aromatic rings. The van der Waals surface area contributed by atoms with Crippen molar-refractivity contribution in [2.75, 3.05) is 13.2 Å². The fourth-order valence-corrected chi connectivity index (χ4v) is 2.35. The third-order valence-electron chi connectivity index (χ3n) is 3.78. The second kappa shape index (κ2) is 8.96. The highest BCUT2D eigenvalue weighted by molar-refractivity contribution is 5.80. The van der Waals surface area contributed by atoms with Gasteiger partial charge in [-0.2, -0.15) is 0 Å². The summed E-state index contributed by atoms with van der Waals surface area (Å²) >= 11 is 0. The van der Waals surface area contributed by atoms with Crippen molar-refractivity contribution in [2.24, 2.45) is 0 Å². The summed E-state index contributed by atoms with van der Waals surface area (Å²) in [5, 5.41) is 2.84. The van der Waals surface area contributed by atoms with Gasteiger partial charge in [-0.1, -0.05) is 43.3 Å². The van der Waals surface area contributed by atoms with Crippen molar-refractivity contribution in [3.05, 3.63) is 59.7 Å². The molecule has 2 aromatic carbocycles. The Labute approximate surface area is 143 Å². The molecule has 0 fully saturated rings. The average Bonchev–Trinajstić information content (AvgIpc) is 2.60. The van der Waals surface area contributed by atoms with Crippen LogP contribution in [0, 0.1) is 6.92 Å². The van der Waals surface area contributed by atoms with E-state index in [4.69, 9.17) is 9.47 Å². The van der Waals surface area contributed by atoms with Crippen LogP contribution in [0.1, 0.15) is 25.0 Å². The summed E-state index contributed by atoms with van der Waals surface area (Å²) in [6.07, 6.45) is 0.325. The van der Waals surface area contributed by atoms with Crippen LogP contribution < -0.4 is 14.8 Å². The van der Waals surface area contributed by atoms with E-state index in [0.29, 0.717) is 13.2 Å². The summed E-state index contributed by atoms with van der Waals surface area (Å²) in [5.74, 6) is 1.46. The van der Waals surface area contributed by atoms with Crippen LogP contribution in [0.5, 0.6) is 11.5 Å². The van der Waals surface area contributed by atoms with Gasteiger partial charge in [-0.05, 0) is 43.5 Å². The third-order valence-corrected chi connectivity index (χ3v) is 3.78. The average molecular weight is 327 g/mol. The molecule has 128 valence electrons. The number of hydrogen-bond donors (Lipinski definition) is 1. The van der Waals surface area contributed by atoms with Gasteiger partial charge in [0.15, 0.2) is 6.10 Å². The third kappa shape index (κ3) is 5.01. The van der Waals surface area contributed by atoms with Gasteiger partial charge in [0, 0.05) is 0 Å². The molecule has 1 amide bonds. The Morgan fingerprint density at radius 3 is 2.46 bits per heavy atom. The van der Waals surface area contributed by atoms with Crippen LogP contribution in [-0.4, -0.2) is 25.2 Å². The van der Waals surface area contributed by atoms with Crippen LogP contribution in [0.15, 0.2) is 48.5 Å². The van der Waals surface area contributed by atoms with E-state index in [1.165, 1.54) is 0 Å². The molecule has 4 heteroatoms. The summed E-state index contributed by atoms with van der Waals surface area (Å²) in [7, 11) is 0. The topological polar surface area (TPSA) is 47.6 Å². The Hall–Kier alpha value is -2.49. The second-order valence-electron chi connectivity index (χ2n) is 5.63. The molecule has 0 saturated heterocycles. The van der Waals surface area contributed by atoms with Crippen molar-refractivity contribution < 1.29 is 14.3 Å². The molecule has 2 rings (SSSR count). The van der Waals surface area contributed by atoms with E-state index in [9.17, 15) is 4.79 Å². The predicted molar refractivity (Wildman–Crippen MR) is 95.6 cm³/mol. The van der Waals surface area contributed by atoms with Crippen molar-refractivity contribution in [2.45, 2.75) is 33.3 Å². The number of ether oxygens (including phenoxy) is 2. The summed E-state index contributed by atoms with van der Waals surface area (Å²) in [4.78, 5) is 12.1. The van der Waals surface area contributed by atoms with E-state index in [1.54, 1.807) is 6.92 Å². The molecule has 0 saturated carbocycles. The summed E-state index contributed by atoms with van der Waals surface area (Å²) in [5.41, 5.74) is 2.18. The first-order valence-electron chi connectivity index (χ1n) is 8.32. The number of nitrogens with one attached hydrogen (secondary N) is 1. The maximum Gasteiger partial charge on any atom is 0.260 e. The van der Waals surface area contributed by atoms with Gasteiger partial charge < -0.3 is 14.8 Å². The first-order chi connectivity index (χ1) is 11.6. The van der Waals surface area contributed by atoms with E-state index < -0.39 is 6.10 Å². The van der Waals surface area contributed by atoms with E-state index in [1.807, 2.05) is 55.5 Å². The largest absolute Gasteiger partial charge is 0.491 e. The van der Waals surface area contributed by atoms with Gasteiger partial charge in [0.05, 0.1) is 6.54 Å². The van der Waals surface area contributed by atoms with Crippen LogP contribution in [-0.2, 0) is 11.2 Å². The standard InChI is InChI=1S/C20H25NO3/c1-4-17-10-6-8-12-19(17)24-16(3)20(22)21-13-14-23-18-11-7-5-9-15(18)2/h5-12,16H,4,13-14H2,1-3H3,(H,21,22)/t16-/m0/s1. The lowest BCUT2D eigenvalue weighted by Gasteiger charge is -2.17. The number of para-hydroxylation sites is 2. The first kappa shape index (κ1) is 17.9. The fourth-order valence-electron chi connectivity index (χ4n) is 2.35. The Morgan fingerprint density at radius 2 is 1.75 bits per heavy atom. The molecule has 0 aromatic heterocycles. The minimum Gasteiger partial charge on any atom is -0.491 e. The lowest BCUT2D eigenvalue weighted by Crippen LogP contribution is -2.38. The SMILES string of the molecule is CCc1ccccc1O[C@@H](C)C(=O)NCCOc1ccccc1C. The molecule has 0 unspecified atom stereocenters. The normalized spacial score (nSPS) is 11.6. The molecular formula is C20H25NO3. The molecule has 1 atom stereocenters. The van der Waals surface area contributed by atoms with Crippen molar-refractivity contribution in [1.29, 1.82) is 0 Å². The van der Waals surface area contributed by atoms with Gasteiger partial charge in [-0.3, -0.25) is 4.79 Å². The van der Waals surface area contributed by atoms with Gasteiger partial charge >= 0.3 is 0 Å². The van der Waals surface area contributed by atoms with Crippen LogP contribution in [0.25, 0.3) is 0 Å². The van der Waals surface area contributed by atoms with E-state index in [2.05, 4.69) is 12.2 Å². The maximum atomic E-state index is 12.1.